The number of nitrogens with zero attached hydrogens (tertiary/aromatic N) is 1. The third kappa shape index (κ3) is 3.70. The van der Waals surface area contributed by atoms with Crippen molar-refractivity contribution < 1.29 is 24.6 Å². The Balaban J connectivity index is 2.39. The van der Waals surface area contributed by atoms with Gasteiger partial charge in [0.05, 0.1) is 5.71 Å². The highest BCUT2D eigenvalue weighted by molar-refractivity contribution is 5.99. The minimum atomic E-state index is -1.10. The van der Waals surface area contributed by atoms with E-state index in [9.17, 15) is 9.59 Å². The Labute approximate surface area is 91.2 Å². The van der Waals surface area contributed by atoms with E-state index in [1.165, 1.54) is 6.08 Å². The van der Waals surface area contributed by atoms with Crippen molar-refractivity contribution >= 4 is 17.7 Å². The molecule has 1 aliphatic heterocycles. The summed E-state index contributed by atoms with van der Waals surface area (Å²) in [5, 5.41) is 20.6. The first-order valence-electron chi connectivity index (χ1n) is 4.61. The lowest BCUT2D eigenvalue weighted by atomic mass is 10.1. The highest BCUT2D eigenvalue weighted by Crippen LogP contribution is 2.15. The molecule has 0 spiro atoms. The second kappa shape index (κ2) is 5.26. The van der Waals surface area contributed by atoms with E-state index in [-0.39, 0.29) is 6.42 Å². The summed E-state index contributed by atoms with van der Waals surface area (Å²) < 4.78 is 0. The van der Waals surface area contributed by atoms with Crippen LogP contribution in [0.25, 0.3) is 0 Å². The molecule has 0 fully saturated rings. The molecule has 0 saturated heterocycles. The van der Waals surface area contributed by atoms with Crippen LogP contribution in [-0.2, 0) is 14.4 Å². The monoisotopic (exact) mass is 228 g/mol. The lowest BCUT2D eigenvalue weighted by Gasteiger charge is -2.10. The molecule has 0 aromatic carbocycles. The largest absolute Gasteiger partial charge is 0.480 e. The normalized spacial score (nSPS) is 21.6. The minimum Gasteiger partial charge on any atom is -0.480 e. The van der Waals surface area contributed by atoms with Gasteiger partial charge in [-0.2, -0.15) is 0 Å². The predicted molar refractivity (Wildman–Crippen MR) is 53.9 cm³/mol. The molecule has 0 radical (unpaired) electrons. The molecule has 0 saturated carbocycles. The van der Waals surface area contributed by atoms with E-state index in [1.807, 2.05) is 0 Å². The molecule has 16 heavy (non-hydrogen) atoms. The third-order valence-corrected chi connectivity index (χ3v) is 2.01. The van der Waals surface area contributed by atoms with E-state index < -0.39 is 24.1 Å². The molecule has 2 atom stereocenters. The topological polar surface area (TPSA) is 122 Å². The van der Waals surface area contributed by atoms with Gasteiger partial charge in [0.2, 0.25) is 0 Å². The van der Waals surface area contributed by atoms with Crippen LogP contribution in [0.3, 0.4) is 0 Å². The van der Waals surface area contributed by atoms with Gasteiger partial charge in [0.1, 0.15) is 12.1 Å². The molecule has 0 aromatic heterocycles. The first kappa shape index (κ1) is 12.2. The van der Waals surface area contributed by atoms with Crippen molar-refractivity contribution in [3.8, 4) is 0 Å². The molecule has 1 aliphatic rings. The smallest absolute Gasteiger partial charge is 0.328 e. The molecule has 7 nitrogen and oxygen atoms in total. The second-order valence-corrected chi connectivity index (χ2v) is 3.37. The fourth-order valence-corrected chi connectivity index (χ4v) is 1.23. The summed E-state index contributed by atoms with van der Waals surface area (Å²) in [6.45, 7) is 0. The summed E-state index contributed by atoms with van der Waals surface area (Å²) >= 11 is 0. The second-order valence-electron chi connectivity index (χ2n) is 3.37. The fourth-order valence-electron chi connectivity index (χ4n) is 1.23. The van der Waals surface area contributed by atoms with Crippen LogP contribution in [0.4, 0.5) is 0 Å². The van der Waals surface area contributed by atoms with Crippen molar-refractivity contribution in [1.29, 1.82) is 0 Å². The van der Waals surface area contributed by atoms with Gasteiger partial charge in [0, 0.05) is 18.9 Å². The summed E-state index contributed by atoms with van der Waals surface area (Å²) in [6.07, 6.45) is 2.36. The van der Waals surface area contributed by atoms with Gasteiger partial charge in [-0.15, -0.1) is 0 Å². The first-order valence-corrected chi connectivity index (χ1v) is 4.61. The molecule has 1 rings (SSSR count). The number of hydrogen-bond acceptors (Lipinski definition) is 5. The molecule has 0 aromatic rings. The highest BCUT2D eigenvalue weighted by Gasteiger charge is 2.25. The average Bonchev–Trinajstić information content (AvgIpc) is 2.62. The predicted octanol–water partition coefficient (Wildman–Crippen LogP) is -0.426. The molecule has 4 N–H and O–H groups in total. The van der Waals surface area contributed by atoms with E-state index in [0.717, 1.165) is 6.08 Å². The standard InChI is InChI=1S/C9H12N2O5/c10-7(9(14)15)4-6-3-5(11-16-6)1-2-8(12)13/h1-2,6-7H,3-4,10H2,(H,12,13)(H,14,15)/b2-1+/t6-,7+/m1/s1. The maximum Gasteiger partial charge on any atom is 0.328 e. The Morgan fingerprint density at radius 3 is 2.88 bits per heavy atom. The Hall–Kier alpha value is -1.89. The van der Waals surface area contributed by atoms with E-state index >= 15 is 0 Å². The van der Waals surface area contributed by atoms with E-state index in [2.05, 4.69) is 5.16 Å². The summed E-state index contributed by atoms with van der Waals surface area (Å²) in [6, 6.07) is -0.997. The summed E-state index contributed by atoms with van der Waals surface area (Å²) in [5.74, 6) is -2.17. The number of carbonyl (C=O) groups is 2. The van der Waals surface area contributed by atoms with Crippen molar-refractivity contribution in [2.45, 2.75) is 25.0 Å². The van der Waals surface area contributed by atoms with Crippen molar-refractivity contribution in [3.63, 3.8) is 0 Å². The fraction of sp³-hybridized carbons (Fsp3) is 0.444. The van der Waals surface area contributed by atoms with Crippen LogP contribution < -0.4 is 5.73 Å². The van der Waals surface area contributed by atoms with Gasteiger partial charge in [-0.25, -0.2) is 4.79 Å². The number of carboxylic acid groups (broad SMARTS) is 2. The minimum absolute atomic E-state index is 0.142. The average molecular weight is 228 g/mol. The number of carboxylic acids is 2. The first-order chi connectivity index (χ1) is 7.49. The Bertz CT molecular complexity index is 350. The van der Waals surface area contributed by atoms with Gasteiger partial charge in [0.25, 0.3) is 0 Å². The van der Waals surface area contributed by atoms with Crippen LogP contribution in [0, 0.1) is 0 Å². The van der Waals surface area contributed by atoms with Crippen LogP contribution in [0.5, 0.6) is 0 Å². The quantitative estimate of drug-likeness (QED) is 0.549. The van der Waals surface area contributed by atoms with Crippen LogP contribution >= 0.6 is 0 Å². The van der Waals surface area contributed by atoms with Crippen molar-refractivity contribution in [3.05, 3.63) is 12.2 Å². The number of rotatable bonds is 5. The van der Waals surface area contributed by atoms with Gasteiger partial charge < -0.3 is 20.8 Å². The number of aliphatic carboxylic acids is 2. The zero-order chi connectivity index (χ0) is 12.1. The van der Waals surface area contributed by atoms with Crippen LogP contribution in [-0.4, -0.2) is 40.0 Å². The number of allylic oxidation sites excluding steroid dienone is 1. The third-order valence-electron chi connectivity index (χ3n) is 2.01. The molecule has 0 unspecified atom stereocenters. The van der Waals surface area contributed by atoms with Crippen molar-refractivity contribution in [2.75, 3.05) is 0 Å². The summed E-state index contributed by atoms with van der Waals surface area (Å²) in [4.78, 5) is 25.6. The van der Waals surface area contributed by atoms with Gasteiger partial charge in [-0.1, -0.05) is 5.16 Å². The van der Waals surface area contributed by atoms with E-state index in [1.54, 1.807) is 0 Å². The lowest BCUT2D eigenvalue weighted by molar-refractivity contribution is -0.139. The Kier molecular flexibility index (Phi) is 4.01. The zero-order valence-electron chi connectivity index (χ0n) is 8.37. The van der Waals surface area contributed by atoms with Gasteiger partial charge >= 0.3 is 11.9 Å². The summed E-state index contributed by atoms with van der Waals surface area (Å²) in [5.41, 5.74) is 5.78. The maximum atomic E-state index is 10.5. The molecule has 0 bridgehead atoms. The van der Waals surface area contributed by atoms with E-state index in [0.29, 0.717) is 12.1 Å². The molecule has 0 aliphatic carbocycles. The molecule has 0 amide bonds. The summed E-state index contributed by atoms with van der Waals surface area (Å²) in [7, 11) is 0. The lowest BCUT2D eigenvalue weighted by Crippen LogP contribution is -2.34. The maximum absolute atomic E-state index is 10.5. The Morgan fingerprint density at radius 1 is 1.62 bits per heavy atom. The molecular formula is C9H12N2O5. The number of hydrogen-bond donors (Lipinski definition) is 3. The van der Waals surface area contributed by atoms with Crippen LogP contribution in [0.15, 0.2) is 17.3 Å². The van der Waals surface area contributed by atoms with Crippen molar-refractivity contribution in [2.24, 2.45) is 10.9 Å². The van der Waals surface area contributed by atoms with Gasteiger partial charge in [-0.05, 0) is 6.08 Å². The van der Waals surface area contributed by atoms with E-state index in [4.69, 9.17) is 20.8 Å². The molecule has 7 heteroatoms. The van der Waals surface area contributed by atoms with Crippen LogP contribution in [0.2, 0.25) is 0 Å². The van der Waals surface area contributed by atoms with Gasteiger partial charge in [-0.3, -0.25) is 4.79 Å². The highest BCUT2D eigenvalue weighted by atomic mass is 16.6. The van der Waals surface area contributed by atoms with Crippen LogP contribution in [0.1, 0.15) is 12.8 Å². The Morgan fingerprint density at radius 2 is 2.31 bits per heavy atom. The SMILES string of the molecule is N[C@@H](C[C@H]1CC(/C=C/C(=O)O)=NO1)C(=O)O. The molecule has 88 valence electrons. The van der Waals surface area contributed by atoms with Crippen molar-refractivity contribution in [1.82, 2.24) is 0 Å². The number of nitrogens with two attached hydrogens (primary N) is 1. The molecule has 1 heterocycles. The van der Waals surface area contributed by atoms with Gasteiger partial charge in [0.15, 0.2) is 0 Å². The molecular weight excluding hydrogens is 216 g/mol. The number of oxime groups is 1. The zero-order valence-corrected chi connectivity index (χ0v) is 8.37.